The zero-order chi connectivity index (χ0) is 27.1. The van der Waals surface area contributed by atoms with E-state index in [1.54, 1.807) is 62.4 Å². The van der Waals surface area contributed by atoms with Crippen molar-refractivity contribution in [3.05, 3.63) is 59.7 Å². The molecule has 10 heteroatoms. The van der Waals surface area contributed by atoms with Crippen LogP contribution < -0.4 is 10.6 Å². The molecule has 4 rings (SSSR count). The predicted octanol–water partition coefficient (Wildman–Crippen LogP) is 3.29. The molecule has 1 fully saturated rings. The Hall–Kier alpha value is -4.34. The third-order valence-corrected chi connectivity index (χ3v) is 6.29. The van der Waals surface area contributed by atoms with E-state index in [4.69, 9.17) is 19.5 Å². The van der Waals surface area contributed by atoms with Crippen LogP contribution in [0.2, 0.25) is 0 Å². The lowest BCUT2D eigenvalue weighted by Crippen LogP contribution is -2.35. The molecule has 1 aliphatic heterocycles. The van der Waals surface area contributed by atoms with Crippen LogP contribution in [-0.2, 0) is 28.7 Å². The van der Waals surface area contributed by atoms with Crippen LogP contribution in [0.25, 0.3) is 0 Å². The summed E-state index contributed by atoms with van der Waals surface area (Å²) in [5.74, 6) is -3.24. The molecule has 2 aromatic carbocycles. The van der Waals surface area contributed by atoms with Crippen molar-refractivity contribution in [1.29, 1.82) is 0 Å². The number of benzene rings is 2. The Morgan fingerprint density at radius 3 is 1.53 bits per heavy atom. The number of aliphatic imine (C=N–C) groups is 2. The molecule has 0 spiro atoms. The third kappa shape index (κ3) is 5.96. The van der Waals surface area contributed by atoms with Gasteiger partial charge >= 0.3 is 23.8 Å². The first kappa shape index (κ1) is 26.7. The zero-order valence-electron chi connectivity index (χ0n) is 21.4. The molecule has 10 nitrogen and oxygen atoms in total. The van der Waals surface area contributed by atoms with Crippen molar-refractivity contribution < 1.29 is 28.7 Å². The number of amides is 2. The van der Waals surface area contributed by atoms with E-state index in [1.165, 1.54) is 0 Å². The van der Waals surface area contributed by atoms with Gasteiger partial charge in [0.05, 0.1) is 36.7 Å². The third-order valence-electron chi connectivity index (χ3n) is 6.29. The highest BCUT2D eigenvalue weighted by molar-refractivity contribution is 6.48. The molecule has 1 saturated carbocycles. The number of ether oxygens (including phenoxy) is 2. The molecular weight excluding hydrogens is 488 g/mol. The van der Waals surface area contributed by atoms with E-state index in [-0.39, 0.29) is 36.0 Å². The molecule has 198 valence electrons. The Kier molecular flexibility index (Phi) is 8.62. The van der Waals surface area contributed by atoms with Crippen LogP contribution in [0.3, 0.4) is 0 Å². The second kappa shape index (κ2) is 12.3. The van der Waals surface area contributed by atoms with Crippen LogP contribution in [0.15, 0.2) is 58.5 Å². The molecule has 0 radical (unpaired) electrons. The number of hydrogen-bond acceptors (Lipinski definition) is 8. The minimum atomic E-state index is -0.960. The fourth-order valence-corrected chi connectivity index (χ4v) is 4.54. The second-order valence-electron chi connectivity index (χ2n) is 8.81. The van der Waals surface area contributed by atoms with Crippen molar-refractivity contribution in [2.75, 3.05) is 23.8 Å². The number of carbonyl (C=O) groups excluding carboxylic acids is 4. The van der Waals surface area contributed by atoms with E-state index in [0.29, 0.717) is 24.0 Å². The highest BCUT2D eigenvalue weighted by atomic mass is 16.5. The van der Waals surface area contributed by atoms with Gasteiger partial charge in [-0.3, -0.25) is 19.6 Å². The fourth-order valence-electron chi connectivity index (χ4n) is 4.54. The molecule has 1 heterocycles. The van der Waals surface area contributed by atoms with Gasteiger partial charge in [-0.15, -0.1) is 0 Å². The number of hydrogen-bond donors (Lipinski definition) is 2. The van der Waals surface area contributed by atoms with Gasteiger partial charge in [0.15, 0.2) is 11.4 Å². The monoisotopic (exact) mass is 518 g/mol. The lowest BCUT2D eigenvalue weighted by molar-refractivity contribution is -0.135. The average Bonchev–Trinajstić information content (AvgIpc) is 2.91. The first-order chi connectivity index (χ1) is 18.4. The van der Waals surface area contributed by atoms with Crippen molar-refractivity contribution in [2.45, 2.75) is 51.6 Å². The normalized spacial score (nSPS) is 19.6. The minimum absolute atomic E-state index is 0.0189. The van der Waals surface area contributed by atoms with Crippen LogP contribution >= 0.6 is 0 Å². The lowest BCUT2D eigenvalue weighted by Gasteiger charge is -2.28. The maximum atomic E-state index is 13.1. The fraction of sp³-hybridized carbons (Fsp3) is 0.357. The molecule has 0 aromatic heterocycles. The molecule has 2 aromatic rings. The van der Waals surface area contributed by atoms with E-state index in [1.807, 2.05) is 0 Å². The first-order valence-electron chi connectivity index (χ1n) is 12.7. The van der Waals surface area contributed by atoms with Gasteiger partial charge in [0.1, 0.15) is 0 Å². The van der Waals surface area contributed by atoms with Crippen LogP contribution in [0.5, 0.6) is 0 Å². The van der Waals surface area contributed by atoms with Gasteiger partial charge in [-0.05, 0) is 38.8 Å². The molecule has 0 bridgehead atoms. The topological polar surface area (TPSA) is 136 Å². The highest BCUT2D eigenvalue weighted by Crippen LogP contribution is 2.28. The molecule has 2 unspecified atom stereocenters. The molecule has 0 saturated heterocycles. The van der Waals surface area contributed by atoms with Gasteiger partial charge < -0.3 is 20.1 Å². The summed E-state index contributed by atoms with van der Waals surface area (Å²) in [4.78, 5) is 61.6. The number of nitrogens with zero attached hydrogens (tertiary/aromatic N) is 2. The highest BCUT2D eigenvalue weighted by Gasteiger charge is 2.31. The van der Waals surface area contributed by atoms with Crippen molar-refractivity contribution >= 4 is 46.6 Å². The van der Waals surface area contributed by atoms with E-state index in [2.05, 4.69) is 10.6 Å². The standard InChI is InChI=1S/C28H30N4O6/c1-3-37-27(35)23-17-11-5-7-13-19(17)31-25(33)26(34)32-20-14-8-6-12-18(20)24(28(36)38-4-2)30-22-16-10-9-15-21(22)29-23/h5-8,11-14,21-22H,3-4,9-10,15-16H2,1-2H3,(H,31,33)(H,32,34). The summed E-state index contributed by atoms with van der Waals surface area (Å²) in [7, 11) is 0. The van der Waals surface area contributed by atoms with Gasteiger partial charge in [-0.25, -0.2) is 9.59 Å². The lowest BCUT2D eigenvalue weighted by atomic mass is 9.90. The Morgan fingerprint density at radius 2 is 1.13 bits per heavy atom. The van der Waals surface area contributed by atoms with E-state index in [0.717, 1.165) is 12.8 Å². The summed E-state index contributed by atoms with van der Waals surface area (Å²) in [6, 6.07) is 12.3. The maximum Gasteiger partial charge on any atom is 0.357 e. The minimum Gasteiger partial charge on any atom is -0.461 e. The predicted molar refractivity (Wildman–Crippen MR) is 143 cm³/mol. The quantitative estimate of drug-likeness (QED) is 0.471. The number of rotatable bonds is 4. The van der Waals surface area contributed by atoms with E-state index < -0.39 is 35.8 Å². The summed E-state index contributed by atoms with van der Waals surface area (Å²) in [6.07, 6.45) is 3.02. The Morgan fingerprint density at radius 1 is 0.737 bits per heavy atom. The maximum absolute atomic E-state index is 13.1. The Balaban J connectivity index is 1.95. The molecule has 2 N–H and O–H groups in total. The Labute approximate surface area is 220 Å². The molecule has 2 atom stereocenters. The largest absolute Gasteiger partial charge is 0.461 e. The van der Waals surface area contributed by atoms with Crippen molar-refractivity contribution in [3.63, 3.8) is 0 Å². The second-order valence-corrected chi connectivity index (χ2v) is 8.81. The van der Waals surface area contributed by atoms with Crippen LogP contribution in [0.1, 0.15) is 50.7 Å². The number of fused-ring (bicyclic) bond motifs is 3. The number of anilines is 2. The smallest absolute Gasteiger partial charge is 0.357 e. The number of nitrogens with one attached hydrogen (secondary N) is 2. The molecule has 2 aliphatic rings. The van der Waals surface area contributed by atoms with Gasteiger partial charge in [-0.1, -0.05) is 49.2 Å². The molecule has 38 heavy (non-hydrogen) atoms. The molecule has 2 amide bonds. The van der Waals surface area contributed by atoms with E-state index in [9.17, 15) is 19.2 Å². The average molecular weight is 519 g/mol. The van der Waals surface area contributed by atoms with Crippen LogP contribution in [-0.4, -0.2) is 60.5 Å². The molecular formula is C28H30N4O6. The van der Waals surface area contributed by atoms with E-state index >= 15 is 0 Å². The number of esters is 2. The van der Waals surface area contributed by atoms with Crippen LogP contribution in [0, 0.1) is 0 Å². The van der Waals surface area contributed by atoms with Gasteiger partial charge in [0, 0.05) is 11.1 Å². The SMILES string of the molecule is CCOC(=O)C1=NC2CCCCC2N=C(C(=O)OCC)c2ccccc2NC(=O)C(=O)Nc2ccccc21. The van der Waals surface area contributed by atoms with Gasteiger partial charge in [-0.2, -0.15) is 0 Å². The summed E-state index contributed by atoms with van der Waals surface area (Å²) >= 11 is 0. The summed E-state index contributed by atoms with van der Waals surface area (Å²) in [5, 5.41) is 5.17. The summed E-state index contributed by atoms with van der Waals surface area (Å²) in [6.45, 7) is 3.64. The van der Waals surface area contributed by atoms with Crippen molar-refractivity contribution in [3.8, 4) is 0 Å². The first-order valence-corrected chi connectivity index (χ1v) is 12.7. The zero-order valence-corrected chi connectivity index (χ0v) is 21.4. The summed E-state index contributed by atoms with van der Waals surface area (Å²) in [5.41, 5.74) is 1.17. The molecule has 1 aliphatic carbocycles. The van der Waals surface area contributed by atoms with Gasteiger partial charge in [0.2, 0.25) is 0 Å². The van der Waals surface area contributed by atoms with Gasteiger partial charge in [0.25, 0.3) is 0 Å². The summed E-state index contributed by atoms with van der Waals surface area (Å²) < 4.78 is 10.6. The van der Waals surface area contributed by atoms with Crippen LogP contribution in [0.4, 0.5) is 11.4 Å². The van der Waals surface area contributed by atoms with Crippen molar-refractivity contribution in [1.82, 2.24) is 0 Å². The number of carbonyl (C=O) groups is 4. The number of para-hydroxylation sites is 2. The van der Waals surface area contributed by atoms with Crippen molar-refractivity contribution in [2.24, 2.45) is 9.98 Å². The Bertz CT molecular complexity index is 1200.